The molecular weight excluding hydrogens is 170 g/mol. The third-order valence-corrected chi connectivity index (χ3v) is 2.95. The van der Waals surface area contributed by atoms with Crippen molar-refractivity contribution in [2.45, 2.75) is 38.6 Å². The van der Waals surface area contributed by atoms with E-state index in [0.29, 0.717) is 6.61 Å². The molecular formula is C9H21NOS. The number of nitrogens with two attached hydrogens (primary N) is 1. The molecule has 12 heavy (non-hydrogen) atoms. The second-order valence-electron chi connectivity index (χ2n) is 3.83. The molecule has 0 rings (SSSR count). The molecule has 0 spiro atoms. The second-order valence-corrected chi connectivity index (χ2v) is 4.93. The lowest BCUT2D eigenvalue weighted by Crippen LogP contribution is -2.34. The maximum atomic E-state index is 8.53. The molecule has 2 nitrogen and oxygen atoms in total. The molecule has 0 aliphatic heterocycles. The van der Waals surface area contributed by atoms with Crippen LogP contribution < -0.4 is 5.73 Å². The molecule has 0 aromatic carbocycles. The first-order valence-corrected chi connectivity index (χ1v) is 5.69. The first kappa shape index (κ1) is 12.3. The average Bonchev–Trinajstić information content (AvgIpc) is 1.94. The van der Waals surface area contributed by atoms with E-state index in [9.17, 15) is 0 Å². The van der Waals surface area contributed by atoms with Gasteiger partial charge in [-0.3, -0.25) is 0 Å². The number of hydrogen-bond acceptors (Lipinski definition) is 3. The topological polar surface area (TPSA) is 46.2 Å². The quantitative estimate of drug-likeness (QED) is 0.601. The van der Waals surface area contributed by atoms with E-state index in [1.807, 2.05) is 25.6 Å². The van der Waals surface area contributed by atoms with Gasteiger partial charge in [-0.05, 0) is 32.4 Å². The summed E-state index contributed by atoms with van der Waals surface area (Å²) in [5, 5.41) is 8.53. The molecule has 0 bridgehead atoms. The van der Waals surface area contributed by atoms with Crippen LogP contribution in [0.25, 0.3) is 0 Å². The fourth-order valence-corrected chi connectivity index (χ4v) is 1.91. The van der Waals surface area contributed by atoms with Crippen molar-refractivity contribution in [1.29, 1.82) is 0 Å². The van der Waals surface area contributed by atoms with Crippen molar-refractivity contribution in [3.63, 3.8) is 0 Å². The summed E-state index contributed by atoms with van der Waals surface area (Å²) in [5.74, 6) is 2.19. The van der Waals surface area contributed by atoms with Crippen LogP contribution in [-0.4, -0.2) is 28.8 Å². The molecule has 0 saturated carbocycles. The van der Waals surface area contributed by atoms with Crippen molar-refractivity contribution in [3.05, 3.63) is 0 Å². The van der Waals surface area contributed by atoms with Crippen LogP contribution in [0.15, 0.2) is 0 Å². The minimum Gasteiger partial charge on any atom is -0.396 e. The Labute approximate surface area is 79.9 Å². The van der Waals surface area contributed by atoms with Crippen molar-refractivity contribution < 1.29 is 5.11 Å². The van der Waals surface area contributed by atoms with Gasteiger partial charge < -0.3 is 10.8 Å². The van der Waals surface area contributed by atoms with E-state index in [2.05, 4.69) is 0 Å². The highest BCUT2D eigenvalue weighted by molar-refractivity contribution is 7.99. The van der Waals surface area contributed by atoms with Crippen LogP contribution in [0, 0.1) is 0 Å². The number of aliphatic hydroxyl groups excluding tert-OH is 1. The summed E-state index contributed by atoms with van der Waals surface area (Å²) < 4.78 is 0. The van der Waals surface area contributed by atoms with Gasteiger partial charge in [0.1, 0.15) is 0 Å². The first-order valence-electron chi connectivity index (χ1n) is 4.54. The summed E-state index contributed by atoms with van der Waals surface area (Å²) >= 11 is 1.90. The molecule has 0 aliphatic rings. The Kier molecular flexibility index (Phi) is 6.90. The molecule has 0 heterocycles. The second kappa shape index (κ2) is 6.75. The molecule has 0 saturated heterocycles. The van der Waals surface area contributed by atoms with Gasteiger partial charge in [-0.1, -0.05) is 6.42 Å². The van der Waals surface area contributed by atoms with E-state index in [0.717, 1.165) is 18.6 Å². The van der Waals surface area contributed by atoms with Crippen molar-refractivity contribution in [2.75, 3.05) is 18.1 Å². The Morgan fingerprint density at radius 1 is 1.25 bits per heavy atom. The summed E-state index contributed by atoms with van der Waals surface area (Å²) in [4.78, 5) is 0. The predicted octanol–water partition coefficient (Wildman–Crippen LogP) is 1.62. The zero-order valence-electron chi connectivity index (χ0n) is 8.18. The first-order chi connectivity index (χ1) is 5.56. The van der Waals surface area contributed by atoms with Crippen molar-refractivity contribution in [1.82, 2.24) is 0 Å². The third kappa shape index (κ3) is 10.3. The predicted molar refractivity (Wildman–Crippen MR) is 56.5 cm³/mol. The van der Waals surface area contributed by atoms with Gasteiger partial charge in [0.05, 0.1) is 0 Å². The van der Waals surface area contributed by atoms with Gasteiger partial charge in [0.15, 0.2) is 0 Å². The normalized spacial score (nSPS) is 12.0. The Bertz CT molecular complexity index is 101. The Morgan fingerprint density at radius 2 is 1.92 bits per heavy atom. The van der Waals surface area contributed by atoms with E-state index in [-0.39, 0.29) is 5.54 Å². The number of thioether (sulfide) groups is 1. The maximum absolute atomic E-state index is 8.53. The summed E-state index contributed by atoms with van der Waals surface area (Å²) in [5.41, 5.74) is 5.78. The molecule has 0 aromatic rings. The van der Waals surface area contributed by atoms with Crippen LogP contribution in [0.3, 0.4) is 0 Å². The fourth-order valence-electron chi connectivity index (χ4n) is 0.828. The summed E-state index contributed by atoms with van der Waals surface area (Å²) in [6, 6.07) is 0. The lowest BCUT2D eigenvalue weighted by molar-refractivity contribution is 0.284. The number of unbranched alkanes of at least 4 members (excludes halogenated alkanes) is 2. The lowest BCUT2D eigenvalue weighted by atomic mass is 10.1. The van der Waals surface area contributed by atoms with Crippen molar-refractivity contribution >= 4 is 11.8 Å². The fraction of sp³-hybridized carbons (Fsp3) is 1.00. The Morgan fingerprint density at radius 3 is 2.42 bits per heavy atom. The van der Waals surface area contributed by atoms with E-state index in [4.69, 9.17) is 10.8 Å². The summed E-state index contributed by atoms with van der Waals surface area (Å²) in [6.45, 7) is 4.43. The lowest BCUT2D eigenvalue weighted by Gasteiger charge is -2.17. The van der Waals surface area contributed by atoms with Gasteiger partial charge >= 0.3 is 0 Å². The molecule has 0 fully saturated rings. The molecule has 0 radical (unpaired) electrons. The highest BCUT2D eigenvalue weighted by Crippen LogP contribution is 2.11. The molecule has 3 heteroatoms. The monoisotopic (exact) mass is 191 g/mol. The maximum Gasteiger partial charge on any atom is 0.0431 e. The van der Waals surface area contributed by atoms with Crippen LogP contribution in [0.1, 0.15) is 33.1 Å². The van der Waals surface area contributed by atoms with E-state index in [1.165, 1.54) is 12.2 Å². The molecule has 0 amide bonds. The van der Waals surface area contributed by atoms with Crippen LogP contribution >= 0.6 is 11.8 Å². The van der Waals surface area contributed by atoms with Crippen LogP contribution in [0.4, 0.5) is 0 Å². The third-order valence-electron chi connectivity index (χ3n) is 1.42. The Balaban J connectivity index is 3.01. The zero-order chi connectivity index (χ0) is 9.45. The highest BCUT2D eigenvalue weighted by atomic mass is 32.2. The number of aliphatic hydroxyl groups is 1. The smallest absolute Gasteiger partial charge is 0.0431 e. The van der Waals surface area contributed by atoms with Gasteiger partial charge in [0.2, 0.25) is 0 Å². The molecule has 0 unspecified atom stereocenters. The van der Waals surface area contributed by atoms with E-state index >= 15 is 0 Å². The van der Waals surface area contributed by atoms with E-state index < -0.39 is 0 Å². The standard InChI is InChI=1S/C9H21NOS/c1-9(2,10)8-12-7-5-3-4-6-11/h11H,3-8,10H2,1-2H3. The molecule has 74 valence electrons. The molecule has 0 aromatic heterocycles. The van der Waals surface area contributed by atoms with Crippen molar-refractivity contribution in [3.8, 4) is 0 Å². The highest BCUT2D eigenvalue weighted by Gasteiger charge is 2.09. The van der Waals surface area contributed by atoms with Crippen LogP contribution in [-0.2, 0) is 0 Å². The Hall–Kier alpha value is 0.270. The molecule has 3 N–H and O–H groups in total. The molecule has 0 aliphatic carbocycles. The van der Waals surface area contributed by atoms with Crippen LogP contribution in [0.2, 0.25) is 0 Å². The summed E-state index contributed by atoms with van der Waals surface area (Å²) in [7, 11) is 0. The summed E-state index contributed by atoms with van der Waals surface area (Å²) in [6.07, 6.45) is 3.27. The minimum absolute atomic E-state index is 0.0400. The van der Waals surface area contributed by atoms with Gasteiger partial charge in [-0.25, -0.2) is 0 Å². The largest absolute Gasteiger partial charge is 0.396 e. The van der Waals surface area contributed by atoms with Crippen LogP contribution in [0.5, 0.6) is 0 Å². The van der Waals surface area contributed by atoms with Gasteiger partial charge in [-0.2, -0.15) is 11.8 Å². The van der Waals surface area contributed by atoms with Crippen molar-refractivity contribution in [2.24, 2.45) is 5.73 Å². The molecule has 0 atom stereocenters. The minimum atomic E-state index is -0.0400. The number of rotatable bonds is 7. The van der Waals surface area contributed by atoms with Gasteiger partial charge in [0.25, 0.3) is 0 Å². The van der Waals surface area contributed by atoms with E-state index in [1.54, 1.807) is 0 Å². The number of hydrogen-bond donors (Lipinski definition) is 2. The van der Waals surface area contributed by atoms with Gasteiger partial charge in [0, 0.05) is 17.9 Å². The van der Waals surface area contributed by atoms with Gasteiger partial charge in [-0.15, -0.1) is 0 Å². The SMILES string of the molecule is CC(C)(N)CSCCCCCO. The average molecular weight is 191 g/mol. The zero-order valence-corrected chi connectivity index (χ0v) is 8.99.